The summed E-state index contributed by atoms with van der Waals surface area (Å²) in [4.78, 5) is 0. The smallest absolute Gasteiger partial charge is 0.210 e. The van der Waals surface area contributed by atoms with E-state index in [0.717, 1.165) is 5.56 Å². The molecule has 0 spiro atoms. The number of hydrogen-bond acceptors (Lipinski definition) is 0. The topological polar surface area (TPSA) is 0 Å². The van der Waals surface area contributed by atoms with E-state index in [9.17, 15) is 13.2 Å². The van der Waals surface area contributed by atoms with Crippen molar-refractivity contribution in [2.75, 3.05) is 0 Å². The fourth-order valence-electron chi connectivity index (χ4n) is 2.65. The zero-order chi connectivity index (χ0) is 12.4. The number of aryl methyl sites for hydroxylation is 1. The number of rotatable bonds is 2. The third kappa shape index (κ3) is 2.82. The zero-order valence-electron chi connectivity index (χ0n) is 9.93. The molecule has 1 saturated carbocycles. The van der Waals surface area contributed by atoms with Crippen LogP contribution in [0.1, 0.15) is 42.7 Å². The normalized spacial score (nSPS) is 25.2. The predicted octanol–water partition coefficient (Wildman–Crippen LogP) is 4.67. The van der Waals surface area contributed by atoms with Crippen LogP contribution in [-0.4, -0.2) is 6.43 Å². The van der Waals surface area contributed by atoms with Crippen LogP contribution in [0.2, 0.25) is 0 Å². The molecule has 1 aliphatic carbocycles. The van der Waals surface area contributed by atoms with E-state index in [1.807, 2.05) is 13.0 Å². The van der Waals surface area contributed by atoms with Gasteiger partial charge in [-0.2, -0.15) is 0 Å². The molecule has 0 radical (unpaired) electrons. The lowest BCUT2D eigenvalue weighted by Gasteiger charge is -2.28. The zero-order valence-corrected chi connectivity index (χ0v) is 9.93. The standard InChI is InChI=1S/C14H17F3/c1-9-2-7-12(13(15)8-9)10-3-5-11(6-4-10)14(16)17/h2,7-8,10-11,14H,3-6H2,1H3. The summed E-state index contributed by atoms with van der Waals surface area (Å²) < 4.78 is 38.8. The van der Waals surface area contributed by atoms with Gasteiger partial charge in [-0.15, -0.1) is 0 Å². The van der Waals surface area contributed by atoms with Crippen molar-refractivity contribution in [2.24, 2.45) is 5.92 Å². The van der Waals surface area contributed by atoms with Gasteiger partial charge in [0, 0.05) is 5.92 Å². The second kappa shape index (κ2) is 5.11. The van der Waals surface area contributed by atoms with Crippen LogP contribution in [0.3, 0.4) is 0 Å². The third-order valence-electron chi connectivity index (χ3n) is 3.72. The second-order valence-electron chi connectivity index (χ2n) is 4.97. The molecule has 0 heterocycles. The SMILES string of the molecule is Cc1ccc(C2CCC(C(F)F)CC2)c(F)c1. The molecule has 94 valence electrons. The largest absolute Gasteiger partial charge is 0.241 e. The van der Waals surface area contributed by atoms with Gasteiger partial charge in [-0.05, 0) is 55.7 Å². The van der Waals surface area contributed by atoms with Crippen molar-refractivity contribution < 1.29 is 13.2 Å². The summed E-state index contributed by atoms with van der Waals surface area (Å²) in [7, 11) is 0. The fraction of sp³-hybridized carbons (Fsp3) is 0.571. The molecule has 1 aromatic rings. The van der Waals surface area contributed by atoms with E-state index in [1.165, 1.54) is 6.07 Å². The highest BCUT2D eigenvalue weighted by Gasteiger charge is 2.29. The van der Waals surface area contributed by atoms with Crippen LogP contribution in [-0.2, 0) is 0 Å². The lowest BCUT2D eigenvalue weighted by atomic mass is 9.78. The average Bonchev–Trinajstić information content (AvgIpc) is 2.29. The van der Waals surface area contributed by atoms with E-state index in [4.69, 9.17) is 0 Å². The van der Waals surface area contributed by atoms with Crippen LogP contribution >= 0.6 is 0 Å². The molecule has 0 unspecified atom stereocenters. The molecule has 1 aliphatic rings. The quantitative estimate of drug-likeness (QED) is 0.706. The molecule has 1 fully saturated rings. The summed E-state index contributed by atoms with van der Waals surface area (Å²) in [5.74, 6) is -0.559. The van der Waals surface area contributed by atoms with E-state index in [-0.39, 0.29) is 11.7 Å². The van der Waals surface area contributed by atoms with E-state index in [0.29, 0.717) is 31.2 Å². The van der Waals surface area contributed by atoms with E-state index in [2.05, 4.69) is 0 Å². The van der Waals surface area contributed by atoms with Crippen molar-refractivity contribution >= 4 is 0 Å². The summed E-state index contributed by atoms with van der Waals surface area (Å²) in [6.45, 7) is 1.85. The van der Waals surface area contributed by atoms with Crippen molar-refractivity contribution in [2.45, 2.75) is 45.0 Å². The Kier molecular flexibility index (Phi) is 3.75. The number of alkyl halides is 2. The van der Waals surface area contributed by atoms with Gasteiger partial charge >= 0.3 is 0 Å². The molecule has 0 saturated heterocycles. The molecule has 2 rings (SSSR count). The first-order chi connectivity index (χ1) is 8.08. The lowest BCUT2D eigenvalue weighted by Crippen LogP contribution is -2.19. The Morgan fingerprint density at radius 1 is 1.12 bits per heavy atom. The maximum absolute atomic E-state index is 13.7. The Morgan fingerprint density at radius 2 is 1.76 bits per heavy atom. The molecule has 0 N–H and O–H groups in total. The minimum atomic E-state index is -2.22. The molecule has 0 bridgehead atoms. The van der Waals surface area contributed by atoms with Crippen molar-refractivity contribution in [1.29, 1.82) is 0 Å². The third-order valence-corrected chi connectivity index (χ3v) is 3.72. The predicted molar refractivity (Wildman–Crippen MR) is 61.8 cm³/mol. The molecule has 0 atom stereocenters. The summed E-state index contributed by atoms with van der Waals surface area (Å²) in [6, 6.07) is 5.21. The van der Waals surface area contributed by atoms with Crippen LogP contribution in [0.25, 0.3) is 0 Å². The van der Waals surface area contributed by atoms with Gasteiger partial charge in [0.1, 0.15) is 5.82 Å². The van der Waals surface area contributed by atoms with Gasteiger partial charge in [-0.25, -0.2) is 13.2 Å². The molecule has 0 aliphatic heterocycles. The lowest BCUT2D eigenvalue weighted by molar-refractivity contribution is 0.0526. The molecule has 0 nitrogen and oxygen atoms in total. The Labute approximate surface area is 99.8 Å². The Balaban J connectivity index is 2.05. The van der Waals surface area contributed by atoms with Crippen LogP contribution in [0.4, 0.5) is 13.2 Å². The molecular formula is C14H17F3. The van der Waals surface area contributed by atoms with Crippen LogP contribution in [0, 0.1) is 18.7 Å². The molecule has 1 aromatic carbocycles. The van der Waals surface area contributed by atoms with Gasteiger partial charge in [0.2, 0.25) is 6.43 Å². The fourth-order valence-corrected chi connectivity index (χ4v) is 2.65. The molecule has 17 heavy (non-hydrogen) atoms. The van der Waals surface area contributed by atoms with Crippen LogP contribution in [0.5, 0.6) is 0 Å². The van der Waals surface area contributed by atoms with Crippen LogP contribution < -0.4 is 0 Å². The second-order valence-corrected chi connectivity index (χ2v) is 4.97. The van der Waals surface area contributed by atoms with Gasteiger partial charge in [0.05, 0.1) is 0 Å². The van der Waals surface area contributed by atoms with E-state index >= 15 is 0 Å². The highest BCUT2D eigenvalue weighted by Crippen LogP contribution is 2.38. The van der Waals surface area contributed by atoms with Crippen molar-refractivity contribution in [1.82, 2.24) is 0 Å². The Morgan fingerprint density at radius 3 is 2.29 bits per heavy atom. The number of hydrogen-bond donors (Lipinski definition) is 0. The summed E-state index contributed by atoms with van der Waals surface area (Å²) >= 11 is 0. The molecular weight excluding hydrogens is 225 g/mol. The summed E-state index contributed by atoms with van der Waals surface area (Å²) in [6.07, 6.45) is 0.147. The summed E-state index contributed by atoms with van der Waals surface area (Å²) in [5.41, 5.74) is 1.59. The maximum atomic E-state index is 13.7. The number of benzene rings is 1. The monoisotopic (exact) mass is 242 g/mol. The Bertz CT molecular complexity index is 379. The first-order valence-electron chi connectivity index (χ1n) is 6.12. The van der Waals surface area contributed by atoms with Gasteiger partial charge in [-0.3, -0.25) is 0 Å². The minimum absolute atomic E-state index is 0.116. The van der Waals surface area contributed by atoms with Gasteiger partial charge in [0.15, 0.2) is 0 Å². The molecule has 0 aromatic heterocycles. The van der Waals surface area contributed by atoms with Crippen molar-refractivity contribution in [3.8, 4) is 0 Å². The maximum Gasteiger partial charge on any atom is 0.241 e. The van der Waals surface area contributed by atoms with E-state index in [1.54, 1.807) is 6.07 Å². The number of halogens is 3. The van der Waals surface area contributed by atoms with E-state index < -0.39 is 12.3 Å². The first kappa shape index (κ1) is 12.5. The Hall–Kier alpha value is -0.990. The van der Waals surface area contributed by atoms with Gasteiger partial charge < -0.3 is 0 Å². The first-order valence-corrected chi connectivity index (χ1v) is 6.12. The van der Waals surface area contributed by atoms with Crippen molar-refractivity contribution in [3.05, 3.63) is 35.1 Å². The molecule has 0 amide bonds. The summed E-state index contributed by atoms with van der Waals surface area (Å²) in [5, 5.41) is 0. The van der Waals surface area contributed by atoms with Gasteiger partial charge in [0.25, 0.3) is 0 Å². The highest BCUT2D eigenvalue weighted by molar-refractivity contribution is 5.26. The van der Waals surface area contributed by atoms with Gasteiger partial charge in [-0.1, -0.05) is 12.1 Å². The highest BCUT2D eigenvalue weighted by atomic mass is 19.3. The minimum Gasteiger partial charge on any atom is -0.210 e. The molecule has 3 heteroatoms. The average molecular weight is 242 g/mol. The van der Waals surface area contributed by atoms with Crippen molar-refractivity contribution in [3.63, 3.8) is 0 Å². The van der Waals surface area contributed by atoms with Crippen LogP contribution in [0.15, 0.2) is 18.2 Å².